The van der Waals surface area contributed by atoms with E-state index in [-0.39, 0.29) is 6.03 Å². The van der Waals surface area contributed by atoms with E-state index in [1.54, 1.807) is 12.0 Å². The first kappa shape index (κ1) is 14.5. The Hall–Kier alpha value is -1.59. The van der Waals surface area contributed by atoms with Crippen molar-refractivity contribution in [2.45, 2.75) is 6.92 Å². The number of hydrogen-bond acceptors (Lipinski definition) is 3. The Morgan fingerprint density at radius 2 is 2.22 bits per heavy atom. The van der Waals surface area contributed by atoms with Crippen LogP contribution in [0.1, 0.15) is 5.56 Å². The number of ether oxygens (including phenoxy) is 1. The molecule has 1 rings (SSSR count). The van der Waals surface area contributed by atoms with Crippen LogP contribution < -0.4 is 11.1 Å². The molecule has 1 aromatic rings. The number of hydrogen-bond donors (Lipinski definition) is 2. The average Bonchev–Trinajstić information content (AvgIpc) is 2.34. The summed E-state index contributed by atoms with van der Waals surface area (Å²) in [6, 6.07) is 7.53. The molecule has 0 radical (unpaired) electrons. The second-order valence-corrected chi connectivity index (χ2v) is 4.07. The molecule has 2 amide bonds. The van der Waals surface area contributed by atoms with Gasteiger partial charge in [-0.05, 0) is 24.6 Å². The van der Waals surface area contributed by atoms with Crippen molar-refractivity contribution in [1.82, 2.24) is 4.90 Å². The van der Waals surface area contributed by atoms with Crippen molar-refractivity contribution in [3.05, 3.63) is 29.8 Å². The summed E-state index contributed by atoms with van der Waals surface area (Å²) in [5.41, 5.74) is 7.39. The SMILES string of the molecule is COCCN(CCN)C(=O)Nc1cccc(C)c1. The van der Waals surface area contributed by atoms with Gasteiger partial charge in [-0.15, -0.1) is 0 Å². The number of methoxy groups -OCH3 is 1. The highest BCUT2D eigenvalue weighted by molar-refractivity contribution is 5.89. The van der Waals surface area contributed by atoms with Crippen molar-refractivity contribution in [2.24, 2.45) is 5.73 Å². The summed E-state index contributed by atoms with van der Waals surface area (Å²) in [4.78, 5) is 13.7. The molecule has 0 fully saturated rings. The van der Waals surface area contributed by atoms with E-state index in [1.165, 1.54) is 0 Å². The van der Waals surface area contributed by atoms with Crippen LogP contribution in [0.4, 0.5) is 10.5 Å². The molecule has 1 aromatic carbocycles. The van der Waals surface area contributed by atoms with Gasteiger partial charge >= 0.3 is 6.03 Å². The number of carbonyl (C=O) groups is 1. The molecule has 0 saturated carbocycles. The minimum absolute atomic E-state index is 0.150. The summed E-state index contributed by atoms with van der Waals surface area (Å²) >= 11 is 0. The van der Waals surface area contributed by atoms with Gasteiger partial charge in [-0.3, -0.25) is 0 Å². The van der Waals surface area contributed by atoms with Crippen molar-refractivity contribution in [2.75, 3.05) is 38.7 Å². The largest absolute Gasteiger partial charge is 0.383 e. The lowest BCUT2D eigenvalue weighted by Gasteiger charge is -2.22. The van der Waals surface area contributed by atoms with E-state index < -0.39 is 0 Å². The first-order valence-corrected chi connectivity index (χ1v) is 5.99. The normalized spacial score (nSPS) is 10.2. The number of carbonyl (C=O) groups excluding carboxylic acids is 1. The van der Waals surface area contributed by atoms with E-state index in [9.17, 15) is 4.79 Å². The van der Waals surface area contributed by atoms with Gasteiger partial charge < -0.3 is 20.7 Å². The minimum atomic E-state index is -0.150. The fourth-order valence-corrected chi connectivity index (χ4v) is 1.60. The van der Waals surface area contributed by atoms with Gasteiger partial charge in [0.05, 0.1) is 6.61 Å². The zero-order chi connectivity index (χ0) is 13.4. The third kappa shape index (κ3) is 4.73. The highest BCUT2D eigenvalue weighted by Gasteiger charge is 2.12. The second-order valence-electron chi connectivity index (χ2n) is 4.07. The lowest BCUT2D eigenvalue weighted by molar-refractivity contribution is 0.156. The van der Waals surface area contributed by atoms with Gasteiger partial charge in [0.15, 0.2) is 0 Å². The molecule has 0 saturated heterocycles. The summed E-state index contributed by atoms with van der Waals surface area (Å²) in [5, 5.41) is 2.85. The molecule has 0 spiro atoms. The Bertz CT molecular complexity index is 382. The molecule has 0 unspecified atom stereocenters. The fourth-order valence-electron chi connectivity index (χ4n) is 1.60. The maximum absolute atomic E-state index is 12.0. The van der Waals surface area contributed by atoms with Crippen LogP contribution in [-0.2, 0) is 4.74 Å². The summed E-state index contributed by atoms with van der Waals surface area (Å²) in [7, 11) is 1.61. The average molecular weight is 251 g/mol. The van der Waals surface area contributed by atoms with Crippen molar-refractivity contribution < 1.29 is 9.53 Å². The number of nitrogens with zero attached hydrogens (tertiary/aromatic N) is 1. The van der Waals surface area contributed by atoms with Crippen LogP contribution >= 0.6 is 0 Å². The molecular weight excluding hydrogens is 230 g/mol. The van der Waals surface area contributed by atoms with Crippen molar-refractivity contribution in [1.29, 1.82) is 0 Å². The van der Waals surface area contributed by atoms with E-state index in [2.05, 4.69) is 5.32 Å². The molecule has 100 valence electrons. The summed E-state index contributed by atoms with van der Waals surface area (Å²) in [6.45, 7) is 3.97. The number of urea groups is 1. The molecule has 5 heteroatoms. The van der Waals surface area contributed by atoms with Crippen LogP contribution in [-0.4, -0.2) is 44.3 Å². The number of aryl methyl sites for hydroxylation is 1. The number of rotatable bonds is 6. The van der Waals surface area contributed by atoms with Crippen molar-refractivity contribution in [3.63, 3.8) is 0 Å². The molecule has 18 heavy (non-hydrogen) atoms. The third-order valence-electron chi connectivity index (χ3n) is 2.52. The van der Waals surface area contributed by atoms with Gasteiger partial charge in [-0.2, -0.15) is 0 Å². The molecule has 0 bridgehead atoms. The number of nitrogens with one attached hydrogen (secondary N) is 1. The van der Waals surface area contributed by atoms with Gasteiger partial charge in [0.2, 0.25) is 0 Å². The Morgan fingerprint density at radius 3 is 2.83 bits per heavy atom. The van der Waals surface area contributed by atoms with Gasteiger partial charge in [0.25, 0.3) is 0 Å². The number of benzene rings is 1. The van der Waals surface area contributed by atoms with E-state index in [4.69, 9.17) is 10.5 Å². The van der Waals surface area contributed by atoms with Crippen molar-refractivity contribution >= 4 is 11.7 Å². The smallest absolute Gasteiger partial charge is 0.321 e. The monoisotopic (exact) mass is 251 g/mol. The molecule has 0 atom stereocenters. The number of anilines is 1. The van der Waals surface area contributed by atoms with Gasteiger partial charge in [0.1, 0.15) is 0 Å². The van der Waals surface area contributed by atoms with Crippen molar-refractivity contribution in [3.8, 4) is 0 Å². The summed E-state index contributed by atoms with van der Waals surface area (Å²) in [5.74, 6) is 0. The maximum Gasteiger partial charge on any atom is 0.321 e. The lowest BCUT2D eigenvalue weighted by atomic mass is 10.2. The first-order valence-electron chi connectivity index (χ1n) is 5.99. The standard InChI is InChI=1S/C13H21N3O2/c1-11-4-3-5-12(10-11)15-13(17)16(7-6-14)8-9-18-2/h3-5,10H,6-9,14H2,1-2H3,(H,15,17). The van der Waals surface area contributed by atoms with Crippen LogP contribution in [0, 0.1) is 6.92 Å². The van der Waals surface area contributed by atoms with Crippen LogP contribution in [0.3, 0.4) is 0 Å². The highest BCUT2D eigenvalue weighted by atomic mass is 16.5. The molecule has 0 aromatic heterocycles. The summed E-state index contributed by atoms with van der Waals surface area (Å²) < 4.78 is 4.98. The Kier molecular flexibility index (Phi) is 6.18. The van der Waals surface area contributed by atoms with Crippen LogP contribution in [0.2, 0.25) is 0 Å². The predicted molar refractivity (Wildman–Crippen MR) is 72.7 cm³/mol. The second kappa shape index (κ2) is 7.68. The molecule has 0 aliphatic heterocycles. The Balaban J connectivity index is 2.60. The zero-order valence-electron chi connectivity index (χ0n) is 11.0. The first-order chi connectivity index (χ1) is 8.67. The topological polar surface area (TPSA) is 67.6 Å². The Labute approximate surface area is 108 Å². The number of nitrogens with two attached hydrogens (primary N) is 1. The Morgan fingerprint density at radius 1 is 1.44 bits per heavy atom. The minimum Gasteiger partial charge on any atom is -0.383 e. The van der Waals surface area contributed by atoms with E-state index in [1.807, 2.05) is 31.2 Å². The molecule has 0 heterocycles. The van der Waals surface area contributed by atoms with E-state index in [0.717, 1.165) is 11.3 Å². The van der Waals surface area contributed by atoms with E-state index in [0.29, 0.717) is 26.2 Å². The lowest BCUT2D eigenvalue weighted by Crippen LogP contribution is -2.40. The maximum atomic E-state index is 12.0. The third-order valence-corrected chi connectivity index (χ3v) is 2.52. The molecule has 5 nitrogen and oxygen atoms in total. The predicted octanol–water partition coefficient (Wildman–Crippen LogP) is 1.43. The molecule has 0 aliphatic rings. The highest BCUT2D eigenvalue weighted by Crippen LogP contribution is 2.10. The van der Waals surface area contributed by atoms with Crippen LogP contribution in [0.5, 0.6) is 0 Å². The summed E-state index contributed by atoms with van der Waals surface area (Å²) in [6.07, 6.45) is 0. The number of amides is 2. The molecular formula is C13H21N3O2. The van der Waals surface area contributed by atoms with Gasteiger partial charge in [-0.25, -0.2) is 4.79 Å². The van der Waals surface area contributed by atoms with Gasteiger partial charge in [0, 0.05) is 32.4 Å². The van der Waals surface area contributed by atoms with Crippen LogP contribution in [0.15, 0.2) is 24.3 Å². The van der Waals surface area contributed by atoms with E-state index >= 15 is 0 Å². The molecule has 0 aliphatic carbocycles. The van der Waals surface area contributed by atoms with Gasteiger partial charge in [-0.1, -0.05) is 12.1 Å². The fraction of sp³-hybridized carbons (Fsp3) is 0.462. The molecule has 3 N–H and O–H groups in total. The quantitative estimate of drug-likeness (QED) is 0.803. The van der Waals surface area contributed by atoms with Crippen LogP contribution in [0.25, 0.3) is 0 Å². The zero-order valence-corrected chi connectivity index (χ0v) is 11.0.